The van der Waals surface area contributed by atoms with Crippen LogP contribution in [0.1, 0.15) is 26.7 Å². The molecule has 0 aromatic rings. The van der Waals surface area contributed by atoms with Gasteiger partial charge in [-0.25, -0.2) is 4.79 Å². The number of carbonyl (C=O) groups is 3. The van der Waals surface area contributed by atoms with E-state index >= 15 is 0 Å². The molecule has 0 bridgehead atoms. The predicted molar refractivity (Wildman–Crippen MR) is 86.4 cm³/mol. The van der Waals surface area contributed by atoms with E-state index in [-0.39, 0.29) is 30.6 Å². The molecule has 8 heteroatoms. The summed E-state index contributed by atoms with van der Waals surface area (Å²) in [4.78, 5) is 40.8. The lowest BCUT2D eigenvalue weighted by molar-refractivity contribution is -0.141. The molecule has 1 atom stereocenters. The molecule has 3 amide bonds. The zero-order valence-electron chi connectivity index (χ0n) is 14.5. The zero-order chi connectivity index (χ0) is 17.5. The quantitative estimate of drug-likeness (QED) is 0.719. The Bertz CT molecular complexity index is 457. The van der Waals surface area contributed by atoms with E-state index in [9.17, 15) is 14.4 Å². The molecule has 2 rings (SSSR count). The van der Waals surface area contributed by atoms with E-state index in [1.54, 1.807) is 21.6 Å². The van der Waals surface area contributed by atoms with Gasteiger partial charge >= 0.3 is 6.09 Å². The monoisotopic (exact) mass is 341 g/mol. The Morgan fingerprint density at radius 1 is 1.17 bits per heavy atom. The van der Waals surface area contributed by atoms with E-state index in [2.05, 4.69) is 0 Å². The lowest BCUT2D eigenvalue weighted by Crippen LogP contribution is -2.53. The highest BCUT2D eigenvalue weighted by atomic mass is 16.6. The summed E-state index contributed by atoms with van der Waals surface area (Å²) in [5.74, 6) is -0.212. The molecular formula is C16H27N3O5. The highest BCUT2D eigenvalue weighted by molar-refractivity contribution is 5.84. The van der Waals surface area contributed by atoms with Crippen molar-refractivity contribution in [3.63, 3.8) is 0 Å². The number of hydrogen-bond donors (Lipinski definition) is 0. The van der Waals surface area contributed by atoms with Crippen molar-refractivity contribution in [1.29, 1.82) is 0 Å². The van der Waals surface area contributed by atoms with Crippen molar-refractivity contribution in [2.45, 2.75) is 32.8 Å². The summed E-state index contributed by atoms with van der Waals surface area (Å²) in [5, 5.41) is 0. The number of nitrogens with zero attached hydrogens (tertiary/aromatic N) is 3. The summed E-state index contributed by atoms with van der Waals surface area (Å²) in [6.45, 7) is 6.66. The van der Waals surface area contributed by atoms with Gasteiger partial charge < -0.3 is 24.2 Å². The Hall–Kier alpha value is -1.83. The first-order valence-corrected chi connectivity index (χ1v) is 8.57. The molecule has 2 fully saturated rings. The van der Waals surface area contributed by atoms with Gasteiger partial charge in [-0.1, -0.05) is 0 Å². The fourth-order valence-electron chi connectivity index (χ4n) is 2.96. The van der Waals surface area contributed by atoms with Crippen LogP contribution in [0.15, 0.2) is 0 Å². The molecule has 1 unspecified atom stereocenters. The minimum absolute atomic E-state index is 0.0300. The highest BCUT2D eigenvalue weighted by Gasteiger charge is 2.28. The number of ether oxygens (including phenoxy) is 2. The third kappa shape index (κ3) is 5.09. The Morgan fingerprint density at radius 2 is 1.83 bits per heavy atom. The molecule has 2 aliphatic rings. The van der Waals surface area contributed by atoms with Gasteiger partial charge in [-0.05, 0) is 19.8 Å². The van der Waals surface area contributed by atoms with Crippen molar-refractivity contribution in [3.05, 3.63) is 0 Å². The van der Waals surface area contributed by atoms with E-state index < -0.39 is 0 Å². The van der Waals surface area contributed by atoms with Crippen LogP contribution < -0.4 is 0 Å². The molecule has 0 saturated carbocycles. The van der Waals surface area contributed by atoms with E-state index in [1.807, 2.05) is 0 Å². The van der Waals surface area contributed by atoms with Crippen molar-refractivity contribution in [1.82, 2.24) is 14.7 Å². The van der Waals surface area contributed by atoms with Crippen LogP contribution in [0.3, 0.4) is 0 Å². The van der Waals surface area contributed by atoms with Gasteiger partial charge in [0.1, 0.15) is 0 Å². The highest BCUT2D eigenvalue weighted by Crippen LogP contribution is 2.14. The van der Waals surface area contributed by atoms with Crippen molar-refractivity contribution in [3.8, 4) is 0 Å². The molecule has 8 nitrogen and oxygen atoms in total. The second kappa shape index (κ2) is 8.86. The minimum Gasteiger partial charge on any atom is -0.450 e. The van der Waals surface area contributed by atoms with Crippen LogP contribution in [0, 0.1) is 0 Å². The molecule has 0 aromatic heterocycles. The minimum atomic E-state index is -0.339. The third-order valence-electron chi connectivity index (χ3n) is 4.38. The molecule has 2 aliphatic heterocycles. The van der Waals surface area contributed by atoms with Crippen LogP contribution in [-0.4, -0.2) is 91.2 Å². The van der Waals surface area contributed by atoms with Crippen LogP contribution in [0.4, 0.5) is 4.79 Å². The van der Waals surface area contributed by atoms with E-state index in [0.29, 0.717) is 39.3 Å². The first kappa shape index (κ1) is 18.5. The fourth-order valence-corrected chi connectivity index (χ4v) is 2.96. The molecule has 2 heterocycles. The van der Waals surface area contributed by atoms with Gasteiger partial charge in [0.05, 0.1) is 19.3 Å². The van der Waals surface area contributed by atoms with Gasteiger partial charge in [0, 0.05) is 46.3 Å². The summed E-state index contributed by atoms with van der Waals surface area (Å²) < 4.78 is 10.5. The van der Waals surface area contributed by atoms with Gasteiger partial charge in [0.15, 0.2) is 0 Å². The molecule has 0 aliphatic carbocycles. The lowest BCUT2D eigenvalue weighted by atomic mass is 10.2. The van der Waals surface area contributed by atoms with Gasteiger partial charge in [-0.2, -0.15) is 0 Å². The third-order valence-corrected chi connectivity index (χ3v) is 4.38. The van der Waals surface area contributed by atoms with E-state index in [0.717, 1.165) is 19.4 Å². The van der Waals surface area contributed by atoms with Gasteiger partial charge in [-0.3, -0.25) is 9.59 Å². The Labute approximate surface area is 142 Å². The predicted octanol–water partition coefficient (Wildman–Crippen LogP) is 0.315. The SMILES string of the molecule is CCOC(=O)N1CCN(C(=O)CN(CC2CCCO2)C(C)=O)CC1. The average Bonchev–Trinajstić information content (AvgIpc) is 3.07. The first-order chi connectivity index (χ1) is 11.5. The fraction of sp³-hybridized carbons (Fsp3) is 0.812. The Morgan fingerprint density at radius 3 is 2.38 bits per heavy atom. The van der Waals surface area contributed by atoms with Crippen molar-refractivity contribution in [2.24, 2.45) is 0 Å². The maximum atomic E-state index is 12.4. The Kier molecular flexibility index (Phi) is 6.84. The van der Waals surface area contributed by atoms with Crippen molar-refractivity contribution >= 4 is 17.9 Å². The summed E-state index contributed by atoms with van der Waals surface area (Å²) in [6.07, 6.45) is 1.62. The maximum absolute atomic E-state index is 12.4. The largest absolute Gasteiger partial charge is 0.450 e. The normalized spacial score (nSPS) is 20.8. The maximum Gasteiger partial charge on any atom is 0.409 e. The number of piperazine rings is 1. The molecule has 24 heavy (non-hydrogen) atoms. The number of hydrogen-bond acceptors (Lipinski definition) is 5. The topological polar surface area (TPSA) is 79.4 Å². The second-order valence-electron chi connectivity index (χ2n) is 6.10. The van der Waals surface area contributed by atoms with Crippen LogP contribution in [-0.2, 0) is 19.1 Å². The summed E-state index contributed by atoms with van der Waals surface area (Å²) in [7, 11) is 0. The summed E-state index contributed by atoms with van der Waals surface area (Å²) >= 11 is 0. The molecule has 0 spiro atoms. The number of rotatable bonds is 5. The second-order valence-corrected chi connectivity index (χ2v) is 6.10. The summed E-state index contributed by atoms with van der Waals surface area (Å²) in [6, 6.07) is 0. The molecule has 2 saturated heterocycles. The van der Waals surface area contributed by atoms with Crippen LogP contribution in [0.5, 0.6) is 0 Å². The van der Waals surface area contributed by atoms with Gasteiger partial charge in [0.25, 0.3) is 0 Å². The Balaban J connectivity index is 1.80. The molecular weight excluding hydrogens is 314 g/mol. The molecule has 136 valence electrons. The average molecular weight is 341 g/mol. The van der Waals surface area contributed by atoms with Crippen LogP contribution in [0.2, 0.25) is 0 Å². The molecule has 0 aromatic carbocycles. The van der Waals surface area contributed by atoms with Crippen LogP contribution in [0.25, 0.3) is 0 Å². The zero-order valence-corrected chi connectivity index (χ0v) is 14.5. The van der Waals surface area contributed by atoms with Crippen molar-refractivity contribution < 1.29 is 23.9 Å². The lowest BCUT2D eigenvalue weighted by Gasteiger charge is -2.35. The van der Waals surface area contributed by atoms with Crippen LogP contribution >= 0.6 is 0 Å². The molecule has 0 radical (unpaired) electrons. The smallest absolute Gasteiger partial charge is 0.409 e. The van der Waals surface area contributed by atoms with Gasteiger partial charge in [0.2, 0.25) is 11.8 Å². The van der Waals surface area contributed by atoms with E-state index in [4.69, 9.17) is 9.47 Å². The number of amides is 3. The van der Waals surface area contributed by atoms with Gasteiger partial charge in [-0.15, -0.1) is 0 Å². The standard InChI is InChI=1S/C16H27N3O5/c1-3-23-16(22)18-8-6-17(7-9-18)15(21)12-19(13(2)20)11-14-5-4-10-24-14/h14H,3-12H2,1-2H3. The van der Waals surface area contributed by atoms with Crippen molar-refractivity contribution in [2.75, 3.05) is 52.5 Å². The first-order valence-electron chi connectivity index (χ1n) is 8.57. The summed E-state index contributed by atoms with van der Waals surface area (Å²) in [5.41, 5.74) is 0. The number of carbonyl (C=O) groups excluding carboxylic acids is 3. The molecule has 0 N–H and O–H groups in total. The van der Waals surface area contributed by atoms with E-state index in [1.165, 1.54) is 6.92 Å².